The molecule has 2 aliphatic rings. The van der Waals surface area contributed by atoms with Gasteiger partial charge in [-0.25, -0.2) is 0 Å². The van der Waals surface area contributed by atoms with E-state index in [0.29, 0.717) is 0 Å². The molecule has 4 aromatic carbocycles. The molecule has 0 atom stereocenters. The number of aromatic nitrogens is 3. The number of fused-ring (bicyclic) bond motifs is 6. The summed E-state index contributed by atoms with van der Waals surface area (Å²) in [6.45, 7) is 8.22. The van der Waals surface area contributed by atoms with Gasteiger partial charge >= 0.3 is 0 Å². The molecule has 10 rings (SSSR count). The zero-order valence-electron chi connectivity index (χ0n) is 33.4. The average Bonchev–Trinajstić information content (AvgIpc) is 3.55. The molecule has 284 valence electrons. The Labute approximate surface area is 354 Å². The Morgan fingerprint density at radius 2 is 1.58 bits per heavy atom. The second kappa shape index (κ2) is 15.6. The van der Waals surface area contributed by atoms with Crippen LogP contribution in [0.1, 0.15) is 34.2 Å². The van der Waals surface area contributed by atoms with Gasteiger partial charge in [0.1, 0.15) is 0 Å². The maximum atomic E-state index is 4.83. The van der Waals surface area contributed by atoms with Crippen molar-refractivity contribution < 1.29 is 0 Å². The third-order valence-electron chi connectivity index (χ3n) is 11.2. The van der Waals surface area contributed by atoms with Gasteiger partial charge in [0.05, 0.1) is 22.4 Å². The van der Waals surface area contributed by atoms with Gasteiger partial charge in [0.25, 0.3) is 0 Å². The molecular weight excluding hydrogens is 747 g/mol. The van der Waals surface area contributed by atoms with E-state index in [1.165, 1.54) is 25.9 Å². The van der Waals surface area contributed by atoms with E-state index in [9.17, 15) is 0 Å². The lowest BCUT2D eigenvalue weighted by molar-refractivity contribution is 1.19. The topological polar surface area (TPSA) is 30.7 Å². The van der Waals surface area contributed by atoms with Crippen molar-refractivity contribution in [2.45, 2.75) is 13.8 Å². The Balaban J connectivity index is 1.20. The molecule has 0 bridgehead atoms. The molecule has 0 fully saturated rings. The summed E-state index contributed by atoms with van der Waals surface area (Å²) in [5.41, 5.74) is 23.2. The molecule has 0 N–H and O–H groups in total. The van der Waals surface area contributed by atoms with Crippen LogP contribution < -0.4 is 0 Å². The van der Waals surface area contributed by atoms with Crippen LogP contribution >= 0.6 is 11.3 Å². The first-order valence-corrected chi connectivity index (χ1v) is 20.9. The molecule has 0 unspecified atom stereocenters. The van der Waals surface area contributed by atoms with E-state index in [0.717, 1.165) is 83.6 Å². The van der Waals surface area contributed by atoms with E-state index < -0.39 is 0 Å². The fraction of sp³-hybridized carbons (Fsp3) is 0.0357. The van der Waals surface area contributed by atoms with Gasteiger partial charge in [-0.1, -0.05) is 97.6 Å². The molecule has 3 nitrogen and oxygen atoms in total. The normalized spacial score (nSPS) is 13.8. The SMILES string of the molecule is C=C/C(=C\C=C/C)C1=Cc2c(sc3ccc(-n4c5ccc(C6=C=CC=CC=C6c6ccccn6)cc5c5cc(-c6ccccc6-c6ccc(C)cn6)ccc54)cc23)C=C=C1. The van der Waals surface area contributed by atoms with Crippen LogP contribution in [0.4, 0.5) is 0 Å². The molecule has 60 heavy (non-hydrogen) atoms. The second-order valence-corrected chi connectivity index (χ2v) is 16.0. The van der Waals surface area contributed by atoms with Crippen molar-refractivity contribution in [3.05, 3.63) is 233 Å². The Morgan fingerprint density at radius 3 is 2.37 bits per heavy atom. The number of aryl methyl sites for hydroxylation is 1. The van der Waals surface area contributed by atoms with Crippen molar-refractivity contribution in [1.82, 2.24) is 14.5 Å². The van der Waals surface area contributed by atoms with E-state index >= 15 is 0 Å². The van der Waals surface area contributed by atoms with Crippen LogP contribution in [0.15, 0.2) is 205 Å². The molecule has 0 amide bonds. The predicted molar refractivity (Wildman–Crippen MR) is 256 cm³/mol. The third kappa shape index (κ3) is 6.62. The van der Waals surface area contributed by atoms with Crippen LogP contribution in [0.2, 0.25) is 0 Å². The molecule has 4 aromatic heterocycles. The average molecular weight is 786 g/mol. The van der Waals surface area contributed by atoms with E-state index in [4.69, 9.17) is 9.97 Å². The van der Waals surface area contributed by atoms with E-state index in [-0.39, 0.29) is 0 Å². The fourth-order valence-electron chi connectivity index (χ4n) is 8.26. The predicted octanol–water partition coefficient (Wildman–Crippen LogP) is 14.9. The Kier molecular flexibility index (Phi) is 9.58. The summed E-state index contributed by atoms with van der Waals surface area (Å²) in [5.74, 6) is 0. The maximum absolute atomic E-state index is 4.83. The van der Waals surface area contributed by atoms with Gasteiger partial charge in [0.2, 0.25) is 0 Å². The Hall–Kier alpha value is -7.58. The summed E-state index contributed by atoms with van der Waals surface area (Å²) in [7, 11) is 0. The molecule has 4 heterocycles. The van der Waals surface area contributed by atoms with Gasteiger partial charge in [-0.3, -0.25) is 9.97 Å². The highest BCUT2D eigenvalue weighted by molar-refractivity contribution is 7.20. The number of hydrogen-bond acceptors (Lipinski definition) is 3. The zero-order valence-corrected chi connectivity index (χ0v) is 34.2. The highest BCUT2D eigenvalue weighted by atomic mass is 32.1. The van der Waals surface area contributed by atoms with Gasteiger partial charge < -0.3 is 4.57 Å². The standard InChI is InChI=1S/C56H39N3S/c1-4-6-15-38(5-2)39-16-14-22-55-49(32-39)50-35-42(26-30-56(50)60-55)59-53-28-24-40(43-17-8-7-9-19-45(43)51-21-12-13-31-57-51)33-47(53)48-34-41(25-29-54(48)59)44-18-10-11-20-46(44)52-27-23-37(3)36-58-52/h4-13,15-16,18-36H,2H2,1,3H3/b6-4-,38-15+. The molecule has 4 heteroatoms. The lowest BCUT2D eigenvalue weighted by Crippen LogP contribution is -1.95. The lowest BCUT2D eigenvalue weighted by Gasteiger charge is -2.12. The summed E-state index contributed by atoms with van der Waals surface area (Å²) in [5, 5.41) is 3.53. The fourth-order valence-corrected chi connectivity index (χ4v) is 9.31. The second-order valence-electron chi connectivity index (χ2n) is 14.9. The summed E-state index contributed by atoms with van der Waals surface area (Å²) < 4.78 is 3.65. The number of pyridine rings is 2. The van der Waals surface area contributed by atoms with Gasteiger partial charge in [-0.05, 0) is 132 Å². The zero-order chi connectivity index (χ0) is 40.6. The number of rotatable bonds is 8. The smallest absolute Gasteiger partial charge is 0.0714 e. The van der Waals surface area contributed by atoms with Crippen LogP contribution in [-0.4, -0.2) is 14.5 Å². The maximum Gasteiger partial charge on any atom is 0.0714 e. The molecule has 2 aliphatic carbocycles. The van der Waals surface area contributed by atoms with Crippen molar-refractivity contribution in [2.24, 2.45) is 0 Å². The van der Waals surface area contributed by atoms with Crippen LogP contribution in [0, 0.1) is 6.92 Å². The van der Waals surface area contributed by atoms with Crippen LogP contribution in [0.3, 0.4) is 0 Å². The van der Waals surface area contributed by atoms with Crippen molar-refractivity contribution in [3.63, 3.8) is 0 Å². The quantitative estimate of drug-likeness (QED) is 0.113. The largest absolute Gasteiger partial charge is 0.309 e. The Bertz CT molecular complexity index is 3340. The molecule has 0 saturated carbocycles. The summed E-state index contributed by atoms with van der Waals surface area (Å²) in [6, 6.07) is 39.5. The summed E-state index contributed by atoms with van der Waals surface area (Å²) in [4.78, 5) is 10.8. The third-order valence-corrected chi connectivity index (χ3v) is 12.3. The van der Waals surface area contributed by atoms with Crippen LogP contribution in [-0.2, 0) is 0 Å². The summed E-state index contributed by atoms with van der Waals surface area (Å²) >= 11 is 1.80. The molecule has 8 aromatic rings. The van der Waals surface area contributed by atoms with Crippen molar-refractivity contribution in [1.29, 1.82) is 0 Å². The molecule has 0 radical (unpaired) electrons. The van der Waals surface area contributed by atoms with E-state index in [1.54, 1.807) is 11.3 Å². The molecule has 0 saturated heterocycles. The van der Waals surface area contributed by atoms with Gasteiger partial charge in [-0.15, -0.1) is 22.8 Å². The first-order chi connectivity index (χ1) is 29.6. The van der Waals surface area contributed by atoms with Crippen molar-refractivity contribution in [2.75, 3.05) is 0 Å². The van der Waals surface area contributed by atoms with E-state index in [1.807, 2.05) is 55.8 Å². The molecular formula is C56H39N3S. The number of allylic oxidation sites excluding steroid dienone is 12. The highest BCUT2D eigenvalue weighted by Gasteiger charge is 2.20. The van der Waals surface area contributed by atoms with Crippen molar-refractivity contribution >= 4 is 66.5 Å². The number of benzene rings is 4. The Morgan fingerprint density at radius 1 is 0.767 bits per heavy atom. The lowest BCUT2D eigenvalue weighted by atomic mass is 9.93. The van der Waals surface area contributed by atoms with Gasteiger partial charge in [-0.2, -0.15) is 0 Å². The van der Waals surface area contributed by atoms with Crippen LogP contribution in [0.5, 0.6) is 0 Å². The molecule has 0 spiro atoms. The summed E-state index contributed by atoms with van der Waals surface area (Å²) in [6.07, 6.45) is 26.5. The highest BCUT2D eigenvalue weighted by Crippen LogP contribution is 2.42. The minimum Gasteiger partial charge on any atom is -0.309 e. The van der Waals surface area contributed by atoms with Crippen LogP contribution in [0.25, 0.3) is 83.3 Å². The van der Waals surface area contributed by atoms with Gasteiger partial charge in [0.15, 0.2) is 0 Å². The van der Waals surface area contributed by atoms with E-state index in [2.05, 4.69) is 169 Å². The van der Waals surface area contributed by atoms with Crippen molar-refractivity contribution in [3.8, 4) is 28.1 Å². The monoisotopic (exact) mass is 785 g/mol. The first-order valence-electron chi connectivity index (χ1n) is 20.1. The first kappa shape index (κ1) is 36.7. The number of hydrogen-bond donors (Lipinski definition) is 0. The number of nitrogens with zero attached hydrogens (tertiary/aromatic N) is 3. The number of thiophene rings is 1. The van der Waals surface area contributed by atoms with Gasteiger partial charge in [0, 0.05) is 66.1 Å². The molecule has 0 aliphatic heterocycles. The minimum absolute atomic E-state index is 0.911. The minimum atomic E-state index is 0.911.